The molecule has 1 atom stereocenters. The monoisotopic (exact) mass is 324 g/mol. The maximum absolute atomic E-state index is 12.4. The van der Waals surface area contributed by atoms with Gasteiger partial charge in [0.05, 0.1) is 16.3 Å². The molecule has 3 rings (SSSR count). The topological polar surface area (TPSA) is 33.2 Å². The Morgan fingerprint density at radius 1 is 1.13 bits per heavy atom. The van der Waals surface area contributed by atoms with Gasteiger partial charge in [0.1, 0.15) is 5.01 Å². The first-order chi connectivity index (χ1) is 11.1. The number of aryl methyl sites for hydroxylation is 1. The number of hydrogen-bond acceptors (Lipinski definition) is 3. The van der Waals surface area contributed by atoms with Gasteiger partial charge in [0.25, 0.3) is 0 Å². The van der Waals surface area contributed by atoms with Crippen LogP contribution in [0.4, 0.5) is 0 Å². The highest BCUT2D eigenvalue weighted by Crippen LogP contribution is 2.29. The van der Waals surface area contributed by atoms with E-state index in [1.807, 2.05) is 50.4 Å². The third-order valence-corrected chi connectivity index (χ3v) is 5.32. The molecule has 0 aliphatic carbocycles. The third kappa shape index (κ3) is 3.59. The lowest BCUT2D eigenvalue weighted by Gasteiger charge is -2.23. The van der Waals surface area contributed by atoms with E-state index in [0.717, 1.165) is 16.9 Å². The van der Waals surface area contributed by atoms with Crippen molar-refractivity contribution >= 4 is 27.5 Å². The summed E-state index contributed by atoms with van der Waals surface area (Å²) in [4.78, 5) is 18.9. The lowest BCUT2D eigenvalue weighted by atomic mass is 10.1. The van der Waals surface area contributed by atoms with E-state index in [0.29, 0.717) is 6.42 Å². The maximum atomic E-state index is 12.4. The van der Waals surface area contributed by atoms with Crippen molar-refractivity contribution in [3.05, 3.63) is 65.2 Å². The Morgan fingerprint density at radius 2 is 1.83 bits per heavy atom. The van der Waals surface area contributed by atoms with E-state index in [2.05, 4.69) is 23.2 Å². The van der Waals surface area contributed by atoms with Gasteiger partial charge in [0.2, 0.25) is 5.91 Å². The molecule has 3 nitrogen and oxygen atoms in total. The molecule has 0 saturated carbocycles. The number of fused-ring (bicyclic) bond motifs is 1. The minimum atomic E-state index is -0.00401. The number of carbonyl (C=O) groups excluding carboxylic acids is 1. The van der Waals surface area contributed by atoms with Gasteiger partial charge in [-0.05, 0) is 31.0 Å². The molecule has 2 aromatic carbocycles. The molecule has 0 aliphatic heterocycles. The molecule has 1 amide bonds. The highest BCUT2D eigenvalue weighted by Gasteiger charge is 2.20. The number of benzene rings is 2. The van der Waals surface area contributed by atoms with Crippen molar-refractivity contribution < 1.29 is 4.79 Å². The number of nitrogens with zero attached hydrogens (tertiary/aromatic N) is 2. The molecule has 118 valence electrons. The largest absolute Gasteiger partial charge is 0.337 e. The first kappa shape index (κ1) is 15.7. The SMILES string of the molecule is C[C@H](c1nc2ccccc2s1)N(C)C(=O)CCc1ccccc1. The summed E-state index contributed by atoms with van der Waals surface area (Å²) in [5.74, 6) is 0.153. The summed E-state index contributed by atoms with van der Waals surface area (Å²) in [6, 6.07) is 18.2. The Kier molecular flexibility index (Phi) is 4.72. The van der Waals surface area contributed by atoms with E-state index in [9.17, 15) is 4.79 Å². The fourth-order valence-corrected chi connectivity index (χ4v) is 3.59. The summed E-state index contributed by atoms with van der Waals surface area (Å²) >= 11 is 1.66. The predicted molar refractivity (Wildman–Crippen MR) is 95.6 cm³/mol. The zero-order chi connectivity index (χ0) is 16.2. The third-order valence-electron chi connectivity index (χ3n) is 4.11. The van der Waals surface area contributed by atoms with E-state index in [1.54, 1.807) is 16.2 Å². The van der Waals surface area contributed by atoms with Gasteiger partial charge in [-0.25, -0.2) is 4.98 Å². The quantitative estimate of drug-likeness (QED) is 0.695. The molecular weight excluding hydrogens is 304 g/mol. The van der Waals surface area contributed by atoms with E-state index < -0.39 is 0 Å². The zero-order valence-corrected chi connectivity index (χ0v) is 14.2. The van der Waals surface area contributed by atoms with Crippen LogP contribution < -0.4 is 0 Å². The average molecular weight is 324 g/mol. The number of carbonyl (C=O) groups is 1. The summed E-state index contributed by atoms with van der Waals surface area (Å²) in [7, 11) is 1.87. The predicted octanol–water partition coefficient (Wildman–Crippen LogP) is 4.45. The van der Waals surface area contributed by atoms with Crippen molar-refractivity contribution in [1.82, 2.24) is 9.88 Å². The van der Waals surface area contributed by atoms with Crippen molar-refractivity contribution in [3.63, 3.8) is 0 Å². The summed E-state index contributed by atoms with van der Waals surface area (Å²) in [5, 5.41) is 0.988. The molecule has 0 N–H and O–H groups in total. The number of amides is 1. The smallest absolute Gasteiger partial charge is 0.223 e. The van der Waals surface area contributed by atoms with Crippen molar-refractivity contribution in [1.29, 1.82) is 0 Å². The second-order valence-electron chi connectivity index (χ2n) is 5.69. The van der Waals surface area contributed by atoms with Gasteiger partial charge in [-0.15, -0.1) is 11.3 Å². The summed E-state index contributed by atoms with van der Waals surface area (Å²) in [6.07, 6.45) is 1.30. The first-order valence-electron chi connectivity index (χ1n) is 7.80. The zero-order valence-electron chi connectivity index (χ0n) is 13.4. The molecule has 0 fully saturated rings. The fourth-order valence-electron chi connectivity index (χ4n) is 2.52. The van der Waals surface area contributed by atoms with Gasteiger partial charge in [-0.2, -0.15) is 0 Å². The van der Waals surface area contributed by atoms with Crippen LogP contribution in [0.15, 0.2) is 54.6 Å². The van der Waals surface area contributed by atoms with E-state index in [4.69, 9.17) is 0 Å². The molecule has 0 saturated heterocycles. The number of para-hydroxylation sites is 1. The second kappa shape index (κ2) is 6.92. The highest BCUT2D eigenvalue weighted by atomic mass is 32.1. The van der Waals surface area contributed by atoms with Crippen LogP contribution in [0.25, 0.3) is 10.2 Å². The van der Waals surface area contributed by atoms with Crippen molar-refractivity contribution in [2.24, 2.45) is 0 Å². The number of rotatable bonds is 5. The Labute approximate surface area is 140 Å². The standard InChI is InChI=1S/C19H20N2OS/c1-14(19-20-16-10-6-7-11-17(16)23-19)21(2)18(22)13-12-15-8-4-3-5-9-15/h3-11,14H,12-13H2,1-2H3/t14-/m1/s1. The van der Waals surface area contributed by atoms with Gasteiger partial charge in [0.15, 0.2) is 0 Å². The van der Waals surface area contributed by atoms with Gasteiger partial charge >= 0.3 is 0 Å². The molecule has 1 heterocycles. The van der Waals surface area contributed by atoms with Gasteiger partial charge in [-0.1, -0.05) is 42.5 Å². The van der Waals surface area contributed by atoms with Crippen molar-refractivity contribution in [2.45, 2.75) is 25.8 Å². The lowest BCUT2D eigenvalue weighted by Crippen LogP contribution is -2.29. The second-order valence-corrected chi connectivity index (χ2v) is 6.75. The Hall–Kier alpha value is -2.20. The summed E-state index contributed by atoms with van der Waals surface area (Å²) < 4.78 is 1.17. The average Bonchev–Trinajstić information content (AvgIpc) is 3.03. The minimum Gasteiger partial charge on any atom is -0.337 e. The number of hydrogen-bond donors (Lipinski definition) is 0. The minimum absolute atomic E-state index is 0.00401. The maximum Gasteiger partial charge on any atom is 0.223 e. The lowest BCUT2D eigenvalue weighted by molar-refractivity contribution is -0.131. The molecule has 0 spiro atoms. The molecule has 23 heavy (non-hydrogen) atoms. The van der Waals surface area contributed by atoms with Crippen LogP contribution in [-0.4, -0.2) is 22.8 Å². The Bertz CT molecular complexity index is 764. The molecule has 3 aromatic rings. The van der Waals surface area contributed by atoms with E-state index >= 15 is 0 Å². The molecule has 0 bridgehead atoms. The summed E-state index contributed by atoms with van der Waals surface area (Å²) in [6.45, 7) is 2.04. The van der Waals surface area contributed by atoms with Crippen molar-refractivity contribution in [3.8, 4) is 0 Å². The Morgan fingerprint density at radius 3 is 2.57 bits per heavy atom. The number of aromatic nitrogens is 1. The molecule has 0 radical (unpaired) electrons. The van der Waals surface area contributed by atoms with Gasteiger partial charge in [-0.3, -0.25) is 4.79 Å². The summed E-state index contributed by atoms with van der Waals surface area (Å²) in [5.41, 5.74) is 2.20. The van der Waals surface area contributed by atoms with Crippen molar-refractivity contribution in [2.75, 3.05) is 7.05 Å². The van der Waals surface area contributed by atoms with Crippen LogP contribution in [-0.2, 0) is 11.2 Å². The molecule has 4 heteroatoms. The van der Waals surface area contributed by atoms with Crippen LogP contribution in [0, 0.1) is 0 Å². The number of thiazole rings is 1. The first-order valence-corrected chi connectivity index (χ1v) is 8.62. The van der Waals surface area contributed by atoms with Gasteiger partial charge in [0, 0.05) is 13.5 Å². The van der Waals surface area contributed by atoms with E-state index in [1.165, 1.54) is 10.3 Å². The molecule has 0 aliphatic rings. The van der Waals surface area contributed by atoms with Gasteiger partial charge < -0.3 is 4.90 Å². The molecular formula is C19H20N2OS. The van der Waals surface area contributed by atoms with Crippen LogP contribution >= 0.6 is 11.3 Å². The van der Waals surface area contributed by atoms with Crippen LogP contribution in [0.5, 0.6) is 0 Å². The normalized spacial score (nSPS) is 12.3. The Balaban J connectivity index is 1.66. The van der Waals surface area contributed by atoms with Crippen LogP contribution in [0.2, 0.25) is 0 Å². The van der Waals surface area contributed by atoms with E-state index in [-0.39, 0.29) is 11.9 Å². The fraction of sp³-hybridized carbons (Fsp3) is 0.263. The molecule has 1 aromatic heterocycles. The highest BCUT2D eigenvalue weighted by molar-refractivity contribution is 7.18. The van der Waals surface area contributed by atoms with Crippen LogP contribution in [0.1, 0.15) is 30.0 Å². The van der Waals surface area contributed by atoms with Crippen LogP contribution in [0.3, 0.4) is 0 Å². The molecule has 0 unspecified atom stereocenters.